The van der Waals surface area contributed by atoms with Crippen LogP contribution in [-0.4, -0.2) is 7.11 Å². The maximum Gasteiger partial charge on any atom is 0.130 e. The van der Waals surface area contributed by atoms with E-state index in [1.165, 1.54) is 21.9 Å². The first kappa shape index (κ1) is 11.1. The molecule has 1 unspecified atom stereocenters. The van der Waals surface area contributed by atoms with E-state index in [4.69, 9.17) is 4.74 Å². The molecule has 2 aromatic carbocycles. The minimum atomic E-state index is 0.338. The Labute approximate surface area is 107 Å². The van der Waals surface area contributed by atoms with Crippen molar-refractivity contribution in [3.63, 3.8) is 0 Å². The van der Waals surface area contributed by atoms with Gasteiger partial charge in [0.05, 0.1) is 7.11 Å². The number of fused-ring (bicyclic) bond motifs is 1. The third kappa shape index (κ3) is 1.72. The zero-order valence-electron chi connectivity index (χ0n) is 10.7. The number of methoxy groups -OCH3 is 1. The molecule has 0 N–H and O–H groups in total. The summed E-state index contributed by atoms with van der Waals surface area (Å²) in [5.41, 5.74) is 2.56. The molecule has 0 radical (unpaired) electrons. The Balaban J connectivity index is 2.21. The van der Waals surface area contributed by atoms with Crippen LogP contribution in [0, 0.1) is 0 Å². The normalized spacial score (nSPS) is 18.1. The molecule has 0 saturated heterocycles. The molecule has 0 fully saturated rings. The summed E-state index contributed by atoms with van der Waals surface area (Å²) in [6.45, 7) is 2.13. The van der Waals surface area contributed by atoms with Gasteiger partial charge in [0, 0.05) is 16.9 Å². The van der Waals surface area contributed by atoms with Crippen LogP contribution >= 0.6 is 0 Å². The smallest absolute Gasteiger partial charge is 0.130 e. The van der Waals surface area contributed by atoms with E-state index < -0.39 is 0 Å². The fourth-order valence-electron chi connectivity index (χ4n) is 2.59. The van der Waals surface area contributed by atoms with Crippen LogP contribution in [0.25, 0.3) is 10.8 Å². The van der Waals surface area contributed by atoms with Crippen LogP contribution in [0.15, 0.2) is 60.2 Å². The van der Waals surface area contributed by atoms with Crippen LogP contribution in [0.3, 0.4) is 0 Å². The van der Waals surface area contributed by atoms with Crippen LogP contribution in [-0.2, 0) is 0 Å². The predicted octanol–water partition coefficient (Wildman–Crippen LogP) is 4.45. The second-order valence-electron chi connectivity index (χ2n) is 4.70. The molecular formula is C17H16O. The Morgan fingerprint density at radius 1 is 1.06 bits per heavy atom. The molecule has 1 heteroatoms. The molecule has 0 aromatic heterocycles. The highest BCUT2D eigenvalue weighted by Gasteiger charge is 2.16. The summed E-state index contributed by atoms with van der Waals surface area (Å²) in [5, 5.41) is 2.41. The molecule has 1 atom stereocenters. The highest BCUT2D eigenvalue weighted by molar-refractivity contribution is 5.90. The number of rotatable bonds is 2. The van der Waals surface area contributed by atoms with Crippen molar-refractivity contribution in [2.24, 2.45) is 0 Å². The van der Waals surface area contributed by atoms with E-state index >= 15 is 0 Å². The molecule has 2 aromatic rings. The SMILES string of the molecule is COc1c(C2C=CC(C)=C2)ccc2ccccc12. The first-order chi connectivity index (χ1) is 8.79. The molecule has 1 aliphatic rings. The minimum Gasteiger partial charge on any atom is -0.496 e. The highest BCUT2D eigenvalue weighted by atomic mass is 16.5. The molecule has 0 heterocycles. The third-order valence-electron chi connectivity index (χ3n) is 3.48. The number of hydrogen-bond donors (Lipinski definition) is 0. The average Bonchev–Trinajstić information content (AvgIpc) is 2.84. The standard InChI is InChI=1S/C17H16O/c1-12-7-8-14(11-12)16-10-9-13-5-3-4-6-15(13)17(16)18-2/h3-11,14H,1-2H3. The number of allylic oxidation sites excluding steroid dienone is 4. The van der Waals surface area contributed by atoms with Gasteiger partial charge in [0.2, 0.25) is 0 Å². The van der Waals surface area contributed by atoms with Crippen molar-refractivity contribution in [2.45, 2.75) is 12.8 Å². The number of benzene rings is 2. The molecule has 0 saturated carbocycles. The van der Waals surface area contributed by atoms with Gasteiger partial charge in [-0.25, -0.2) is 0 Å². The summed E-state index contributed by atoms with van der Waals surface area (Å²) in [6.07, 6.45) is 6.66. The quantitative estimate of drug-likeness (QED) is 0.748. The first-order valence-electron chi connectivity index (χ1n) is 6.22. The molecule has 90 valence electrons. The van der Waals surface area contributed by atoms with E-state index in [1.54, 1.807) is 7.11 Å². The van der Waals surface area contributed by atoms with Crippen molar-refractivity contribution in [3.8, 4) is 5.75 Å². The van der Waals surface area contributed by atoms with Crippen LogP contribution in [0.1, 0.15) is 18.4 Å². The maximum atomic E-state index is 5.64. The van der Waals surface area contributed by atoms with E-state index in [0.29, 0.717) is 5.92 Å². The lowest BCUT2D eigenvalue weighted by molar-refractivity contribution is 0.415. The summed E-state index contributed by atoms with van der Waals surface area (Å²) < 4.78 is 5.64. The Hall–Kier alpha value is -2.02. The Bertz CT molecular complexity index is 650. The zero-order chi connectivity index (χ0) is 12.5. The maximum absolute atomic E-state index is 5.64. The van der Waals surface area contributed by atoms with Gasteiger partial charge in [0.15, 0.2) is 0 Å². The van der Waals surface area contributed by atoms with Gasteiger partial charge in [-0.3, -0.25) is 0 Å². The summed E-state index contributed by atoms with van der Waals surface area (Å²) >= 11 is 0. The van der Waals surface area contributed by atoms with Gasteiger partial charge in [0.1, 0.15) is 5.75 Å². The highest BCUT2D eigenvalue weighted by Crippen LogP contribution is 2.37. The third-order valence-corrected chi connectivity index (χ3v) is 3.48. The summed E-state index contributed by atoms with van der Waals surface area (Å²) in [6, 6.07) is 12.7. The molecule has 3 rings (SSSR count). The largest absolute Gasteiger partial charge is 0.496 e. The van der Waals surface area contributed by atoms with E-state index in [2.05, 4.69) is 61.5 Å². The predicted molar refractivity (Wildman–Crippen MR) is 76.1 cm³/mol. The van der Waals surface area contributed by atoms with Crippen molar-refractivity contribution in [2.75, 3.05) is 7.11 Å². The Morgan fingerprint density at radius 2 is 1.89 bits per heavy atom. The van der Waals surface area contributed by atoms with Gasteiger partial charge in [0.25, 0.3) is 0 Å². The molecule has 1 nitrogen and oxygen atoms in total. The van der Waals surface area contributed by atoms with Gasteiger partial charge in [-0.2, -0.15) is 0 Å². The van der Waals surface area contributed by atoms with E-state index in [0.717, 1.165) is 5.75 Å². The van der Waals surface area contributed by atoms with Crippen molar-refractivity contribution >= 4 is 10.8 Å². The molecule has 0 bridgehead atoms. The van der Waals surface area contributed by atoms with Gasteiger partial charge >= 0.3 is 0 Å². The van der Waals surface area contributed by atoms with E-state index in [9.17, 15) is 0 Å². The van der Waals surface area contributed by atoms with Crippen molar-refractivity contribution in [1.82, 2.24) is 0 Å². The van der Waals surface area contributed by atoms with E-state index in [1.807, 2.05) is 0 Å². The lowest BCUT2D eigenvalue weighted by Gasteiger charge is -2.14. The van der Waals surface area contributed by atoms with Crippen molar-refractivity contribution in [1.29, 1.82) is 0 Å². The first-order valence-corrected chi connectivity index (χ1v) is 6.22. The van der Waals surface area contributed by atoms with Crippen LogP contribution in [0.5, 0.6) is 5.75 Å². The van der Waals surface area contributed by atoms with Gasteiger partial charge < -0.3 is 4.74 Å². The van der Waals surface area contributed by atoms with Crippen LogP contribution in [0.2, 0.25) is 0 Å². The number of ether oxygens (including phenoxy) is 1. The molecule has 1 aliphatic carbocycles. The van der Waals surface area contributed by atoms with Gasteiger partial charge in [-0.1, -0.05) is 60.2 Å². The van der Waals surface area contributed by atoms with Crippen molar-refractivity contribution < 1.29 is 4.74 Å². The monoisotopic (exact) mass is 236 g/mol. The fourth-order valence-corrected chi connectivity index (χ4v) is 2.59. The molecule has 0 amide bonds. The summed E-state index contributed by atoms with van der Waals surface area (Å²) in [7, 11) is 1.75. The molecule has 0 spiro atoms. The molecule has 0 aliphatic heterocycles. The Morgan fingerprint density at radius 3 is 2.61 bits per heavy atom. The van der Waals surface area contributed by atoms with Gasteiger partial charge in [-0.05, 0) is 12.3 Å². The topological polar surface area (TPSA) is 9.23 Å². The van der Waals surface area contributed by atoms with Crippen LogP contribution in [0.4, 0.5) is 0 Å². The number of hydrogen-bond acceptors (Lipinski definition) is 1. The lowest BCUT2D eigenvalue weighted by Crippen LogP contribution is -1.96. The lowest BCUT2D eigenvalue weighted by atomic mass is 9.96. The molecule has 18 heavy (non-hydrogen) atoms. The zero-order valence-corrected chi connectivity index (χ0v) is 10.7. The summed E-state index contributed by atoms with van der Waals surface area (Å²) in [5.74, 6) is 1.33. The average molecular weight is 236 g/mol. The second kappa shape index (κ2) is 4.34. The van der Waals surface area contributed by atoms with Gasteiger partial charge in [-0.15, -0.1) is 0 Å². The second-order valence-corrected chi connectivity index (χ2v) is 4.70. The van der Waals surface area contributed by atoms with E-state index in [-0.39, 0.29) is 0 Å². The van der Waals surface area contributed by atoms with Crippen LogP contribution < -0.4 is 4.74 Å². The molecular weight excluding hydrogens is 220 g/mol. The minimum absolute atomic E-state index is 0.338. The fraction of sp³-hybridized carbons (Fsp3) is 0.176. The summed E-state index contributed by atoms with van der Waals surface area (Å²) in [4.78, 5) is 0. The van der Waals surface area contributed by atoms with Crippen molar-refractivity contribution in [3.05, 3.63) is 65.8 Å². The Kier molecular flexibility index (Phi) is 2.67.